The summed E-state index contributed by atoms with van der Waals surface area (Å²) in [6, 6.07) is 5.64. The predicted molar refractivity (Wildman–Crippen MR) is 116 cm³/mol. The van der Waals surface area contributed by atoms with Gasteiger partial charge in [-0.25, -0.2) is 4.79 Å². The lowest BCUT2D eigenvalue weighted by Gasteiger charge is -2.27. The van der Waals surface area contributed by atoms with E-state index in [9.17, 15) is 10.1 Å². The number of benzene rings is 1. The molecule has 1 aromatic carbocycles. The minimum atomic E-state index is -0.742. The maximum atomic E-state index is 12.7. The standard InChI is InChI=1S/C21H23IN2O5/c1-5-8-28-19-15(22)9-13(10-16(19)26-6-2)18-14(11-23)20(24)29-12(4)17(18)21(25)27-7-3/h5,9-10,18H,1,6-8,24H2,2-4H3. The summed E-state index contributed by atoms with van der Waals surface area (Å²) in [6.45, 7) is 9.78. The molecule has 29 heavy (non-hydrogen) atoms. The number of hydrogen-bond donors (Lipinski definition) is 1. The van der Waals surface area contributed by atoms with E-state index in [2.05, 4.69) is 35.2 Å². The van der Waals surface area contributed by atoms with Gasteiger partial charge in [-0.2, -0.15) is 5.26 Å². The van der Waals surface area contributed by atoms with Crippen molar-refractivity contribution in [2.24, 2.45) is 5.73 Å². The molecule has 2 rings (SSSR count). The van der Waals surface area contributed by atoms with Gasteiger partial charge in [-0.05, 0) is 61.1 Å². The molecular formula is C21H23IN2O5. The highest BCUT2D eigenvalue weighted by molar-refractivity contribution is 14.1. The zero-order valence-corrected chi connectivity index (χ0v) is 18.7. The maximum Gasteiger partial charge on any atom is 0.338 e. The first-order valence-electron chi connectivity index (χ1n) is 9.04. The Morgan fingerprint density at radius 2 is 2.10 bits per heavy atom. The van der Waals surface area contributed by atoms with E-state index >= 15 is 0 Å². The summed E-state index contributed by atoms with van der Waals surface area (Å²) < 4.78 is 22.9. The molecule has 0 saturated carbocycles. The zero-order valence-electron chi connectivity index (χ0n) is 16.6. The maximum absolute atomic E-state index is 12.7. The zero-order chi connectivity index (χ0) is 21.6. The summed E-state index contributed by atoms with van der Waals surface area (Å²) >= 11 is 2.12. The number of ether oxygens (including phenoxy) is 4. The van der Waals surface area contributed by atoms with Crippen molar-refractivity contribution in [1.82, 2.24) is 0 Å². The van der Waals surface area contributed by atoms with Crippen LogP contribution in [0.3, 0.4) is 0 Å². The lowest BCUT2D eigenvalue weighted by atomic mass is 9.83. The van der Waals surface area contributed by atoms with E-state index in [1.54, 1.807) is 26.0 Å². The Morgan fingerprint density at radius 3 is 2.69 bits per heavy atom. The quantitative estimate of drug-likeness (QED) is 0.322. The molecule has 0 aromatic heterocycles. The van der Waals surface area contributed by atoms with Crippen molar-refractivity contribution >= 4 is 28.6 Å². The number of nitrogens with two attached hydrogens (primary N) is 1. The second-order valence-electron chi connectivity index (χ2n) is 5.98. The second-order valence-corrected chi connectivity index (χ2v) is 7.14. The highest BCUT2D eigenvalue weighted by Crippen LogP contribution is 2.44. The van der Waals surface area contributed by atoms with Crippen LogP contribution in [-0.4, -0.2) is 25.8 Å². The molecule has 1 heterocycles. The Hall–Kier alpha value is -2.67. The van der Waals surface area contributed by atoms with Gasteiger partial charge < -0.3 is 24.7 Å². The minimum absolute atomic E-state index is 0.0389. The van der Waals surface area contributed by atoms with Crippen LogP contribution >= 0.6 is 22.6 Å². The predicted octanol–water partition coefficient (Wildman–Crippen LogP) is 3.90. The van der Waals surface area contributed by atoms with Gasteiger partial charge in [-0.15, -0.1) is 0 Å². The van der Waals surface area contributed by atoms with Gasteiger partial charge in [-0.3, -0.25) is 0 Å². The summed E-state index contributed by atoms with van der Waals surface area (Å²) in [5.74, 6) is 0.0218. The van der Waals surface area contributed by atoms with Crippen LogP contribution in [-0.2, 0) is 14.3 Å². The van der Waals surface area contributed by atoms with Crippen molar-refractivity contribution < 1.29 is 23.7 Å². The van der Waals surface area contributed by atoms with Gasteiger partial charge in [0.2, 0.25) is 5.88 Å². The molecule has 0 fully saturated rings. The third-order valence-corrected chi connectivity index (χ3v) is 4.91. The number of hydrogen-bond acceptors (Lipinski definition) is 7. The molecule has 1 unspecified atom stereocenters. The Bertz CT molecular complexity index is 914. The summed E-state index contributed by atoms with van der Waals surface area (Å²) in [5.41, 5.74) is 6.97. The fourth-order valence-electron chi connectivity index (χ4n) is 2.99. The van der Waals surface area contributed by atoms with E-state index in [1.807, 2.05) is 13.0 Å². The van der Waals surface area contributed by atoms with Crippen molar-refractivity contribution in [2.75, 3.05) is 19.8 Å². The number of carbonyl (C=O) groups is 1. The molecule has 1 aliphatic heterocycles. The average Bonchev–Trinajstić information content (AvgIpc) is 2.67. The van der Waals surface area contributed by atoms with Crippen LogP contribution in [0.25, 0.3) is 0 Å². The number of nitrogens with zero attached hydrogens (tertiary/aromatic N) is 1. The third kappa shape index (κ3) is 4.85. The fourth-order valence-corrected chi connectivity index (χ4v) is 3.77. The van der Waals surface area contributed by atoms with E-state index in [4.69, 9.17) is 24.7 Å². The molecule has 0 spiro atoms. The van der Waals surface area contributed by atoms with Crippen molar-refractivity contribution in [3.63, 3.8) is 0 Å². The first-order chi connectivity index (χ1) is 13.9. The van der Waals surface area contributed by atoms with Crippen LogP contribution < -0.4 is 15.2 Å². The van der Waals surface area contributed by atoms with Crippen LogP contribution in [0.15, 0.2) is 47.6 Å². The number of halogens is 1. The number of allylic oxidation sites excluding steroid dienone is 2. The summed E-state index contributed by atoms with van der Waals surface area (Å²) in [7, 11) is 0. The van der Waals surface area contributed by atoms with Gasteiger partial charge in [0, 0.05) is 0 Å². The summed E-state index contributed by atoms with van der Waals surface area (Å²) in [4.78, 5) is 12.7. The molecule has 154 valence electrons. The molecule has 0 radical (unpaired) electrons. The normalized spacial score (nSPS) is 16.0. The molecule has 1 atom stereocenters. The van der Waals surface area contributed by atoms with Gasteiger partial charge in [0.05, 0.1) is 28.3 Å². The number of carbonyl (C=O) groups excluding carboxylic acids is 1. The second kappa shape index (κ2) is 10.2. The fraction of sp³-hybridized carbons (Fsp3) is 0.333. The minimum Gasteiger partial charge on any atom is -0.490 e. The van der Waals surface area contributed by atoms with Crippen molar-refractivity contribution in [2.45, 2.75) is 26.7 Å². The number of rotatable bonds is 8. The first kappa shape index (κ1) is 22.6. The number of esters is 1. The first-order valence-corrected chi connectivity index (χ1v) is 10.1. The molecule has 8 heteroatoms. The Balaban J connectivity index is 2.68. The van der Waals surface area contributed by atoms with Crippen molar-refractivity contribution in [1.29, 1.82) is 5.26 Å². The van der Waals surface area contributed by atoms with Gasteiger partial charge in [-0.1, -0.05) is 12.7 Å². The molecule has 0 aliphatic carbocycles. The van der Waals surface area contributed by atoms with E-state index < -0.39 is 11.9 Å². The largest absolute Gasteiger partial charge is 0.490 e. The summed E-state index contributed by atoms with van der Waals surface area (Å²) in [6.07, 6.45) is 1.64. The highest BCUT2D eigenvalue weighted by atomic mass is 127. The Morgan fingerprint density at radius 1 is 1.38 bits per heavy atom. The van der Waals surface area contributed by atoms with E-state index in [0.717, 1.165) is 3.57 Å². The van der Waals surface area contributed by atoms with Crippen LogP contribution in [0.1, 0.15) is 32.3 Å². The van der Waals surface area contributed by atoms with Gasteiger partial charge in [0.1, 0.15) is 24.0 Å². The third-order valence-electron chi connectivity index (χ3n) is 4.11. The lowest BCUT2D eigenvalue weighted by molar-refractivity contribution is -0.139. The highest BCUT2D eigenvalue weighted by Gasteiger charge is 2.37. The van der Waals surface area contributed by atoms with Crippen LogP contribution in [0.5, 0.6) is 11.5 Å². The molecule has 2 N–H and O–H groups in total. The molecule has 0 bridgehead atoms. The lowest BCUT2D eigenvalue weighted by Crippen LogP contribution is -2.25. The molecule has 0 saturated heterocycles. The monoisotopic (exact) mass is 510 g/mol. The van der Waals surface area contributed by atoms with Gasteiger partial charge in [0.25, 0.3) is 0 Å². The molecule has 7 nitrogen and oxygen atoms in total. The van der Waals surface area contributed by atoms with E-state index in [-0.39, 0.29) is 23.6 Å². The van der Waals surface area contributed by atoms with Gasteiger partial charge in [0.15, 0.2) is 11.5 Å². The topological polar surface area (TPSA) is 104 Å². The Kier molecular flexibility index (Phi) is 7.96. The van der Waals surface area contributed by atoms with Crippen molar-refractivity contribution in [3.05, 3.63) is 56.7 Å². The van der Waals surface area contributed by atoms with Crippen LogP contribution in [0, 0.1) is 14.9 Å². The molecule has 0 amide bonds. The number of nitriles is 1. The Labute approximate surface area is 183 Å². The molecule has 1 aromatic rings. The van der Waals surface area contributed by atoms with Crippen molar-refractivity contribution in [3.8, 4) is 17.6 Å². The summed E-state index contributed by atoms with van der Waals surface area (Å²) in [5, 5.41) is 9.71. The SMILES string of the molecule is C=CCOc1c(I)cc(C2C(C#N)=C(N)OC(C)=C2C(=O)OCC)cc1OCC. The molecular weight excluding hydrogens is 487 g/mol. The van der Waals surface area contributed by atoms with Crippen LogP contribution in [0.4, 0.5) is 0 Å². The van der Waals surface area contributed by atoms with E-state index in [0.29, 0.717) is 36.0 Å². The smallest absolute Gasteiger partial charge is 0.338 e. The molecule has 1 aliphatic rings. The average molecular weight is 510 g/mol. The van der Waals surface area contributed by atoms with Gasteiger partial charge >= 0.3 is 5.97 Å². The van der Waals surface area contributed by atoms with Crippen LogP contribution in [0.2, 0.25) is 0 Å². The van der Waals surface area contributed by atoms with E-state index in [1.165, 1.54) is 0 Å².